The lowest BCUT2D eigenvalue weighted by Gasteiger charge is -2.10. The lowest BCUT2D eigenvalue weighted by atomic mass is 10.2. The van der Waals surface area contributed by atoms with Gasteiger partial charge >= 0.3 is 0 Å². The molecule has 2 heterocycles. The summed E-state index contributed by atoms with van der Waals surface area (Å²) in [6, 6.07) is 23.7. The van der Waals surface area contributed by atoms with Crippen LogP contribution in [-0.4, -0.2) is 31.4 Å². The molecular weight excluding hydrogens is 394 g/mol. The van der Waals surface area contributed by atoms with E-state index in [1.165, 1.54) is 11.8 Å². The van der Waals surface area contributed by atoms with Gasteiger partial charge in [-0.2, -0.15) is 0 Å². The van der Waals surface area contributed by atoms with Gasteiger partial charge in [0.05, 0.1) is 0 Å². The highest BCUT2D eigenvalue weighted by Gasteiger charge is 2.16. The number of nitrogens with one attached hydrogen (secondary N) is 1. The van der Waals surface area contributed by atoms with Crippen molar-refractivity contribution in [1.29, 1.82) is 0 Å². The van der Waals surface area contributed by atoms with Crippen LogP contribution in [0.2, 0.25) is 0 Å². The van der Waals surface area contributed by atoms with E-state index in [0.717, 1.165) is 27.8 Å². The average molecular weight is 416 g/mol. The number of carbonyl (C=O) groups is 1. The van der Waals surface area contributed by atoms with E-state index in [9.17, 15) is 4.79 Å². The second-order valence-electron chi connectivity index (χ2n) is 6.58. The first-order valence-electron chi connectivity index (χ1n) is 9.66. The van der Waals surface area contributed by atoms with Crippen LogP contribution < -0.4 is 5.32 Å². The van der Waals surface area contributed by atoms with Crippen LogP contribution in [0.25, 0.3) is 17.1 Å². The maximum absolute atomic E-state index is 12.2. The zero-order valence-corrected chi connectivity index (χ0v) is 17.1. The minimum absolute atomic E-state index is 0.0182. The summed E-state index contributed by atoms with van der Waals surface area (Å²) in [5.74, 6) is 1.36. The Bertz CT molecular complexity index is 1080. The first-order valence-corrected chi connectivity index (χ1v) is 10.6. The molecule has 0 aliphatic rings. The molecule has 0 unspecified atom stereocenters. The molecule has 150 valence electrons. The number of pyridine rings is 1. The van der Waals surface area contributed by atoms with Gasteiger partial charge in [0.25, 0.3) is 0 Å². The van der Waals surface area contributed by atoms with Crippen LogP contribution in [0.5, 0.6) is 0 Å². The van der Waals surface area contributed by atoms with Crippen molar-refractivity contribution < 1.29 is 4.79 Å². The summed E-state index contributed by atoms with van der Waals surface area (Å²) in [5.41, 5.74) is 2.95. The van der Waals surface area contributed by atoms with Gasteiger partial charge in [0.1, 0.15) is 0 Å². The smallest absolute Gasteiger partial charge is 0.221 e. The number of carbonyl (C=O) groups excluding carboxylic acids is 1. The van der Waals surface area contributed by atoms with Crippen molar-refractivity contribution in [3.8, 4) is 17.1 Å². The highest BCUT2D eigenvalue weighted by molar-refractivity contribution is 7.99. The maximum atomic E-state index is 12.2. The van der Waals surface area contributed by atoms with Gasteiger partial charge in [-0.05, 0) is 29.8 Å². The van der Waals surface area contributed by atoms with Crippen LogP contribution in [0.4, 0.5) is 0 Å². The zero-order valence-electron chi connectivity index (χ0n) is 16.3. The number of hydrogen-bond acceptors (Lipinski definition) is 5. The van der Waals surface area contributed by atoms with Crippen molar-refractivity contribution in [1.82, 2.24) is 25.1 Å². The zero-order chi connectivity index (χ0) is 20.6. The van der Waals surface area contributed by atoms with Crippen molar-refractivity contribution >= 4 is 17.7 Å². The molecule has 0 fully saturated rings. The molecule has 4 rings (SSSR count). The molecule has 0 aliphatic carbocycles. The van der Waals surface area contributed by atoms with E-state index in [1.807, 2.05) is 77.4 Å². The fourth-order valence-corrected chi connectivity index (χ4v) is 3.86. The van der Waals surface area contributed by atoms with Crippen LogP contribution >= 0.6 is 11.8 Å². The molecule has 0 saturated carbocycles. The largest absolute Gasteiger partial charge is 0.352 e. The van der Waals surface area contributed by atoms with Gasteiger partial charge in [-0.15, -0.1) is 10.2 Å². The van der Waals surface area contributed by atoms with Crippen LogP contribution in [0.1, 0.15) is 12.0 Å². The van der Waals surface area contributed by atoms with Gasteiger partial charge in [0.15, 0.2) is 11.0 Å². The lowest BCUT2D eigenvalue weighted by molar-refractivity contribution is -0.120. The number of rotatable bonds is 8. The van der Waals surface area contributed by atoms with Crippen molar-refractivity contribution in [2.75, 3.05) is 5.75 Å². The minimum atomic E-state index is 0.0182. The number of nitrogens with zero attached hydrogens (tertiary/aromatic N) is 4. The summed E-state index contributed by atoms with van der Waals surface area (Å²) < 4.78 is 2.00. The third-order valence-corrected chi connectivity index (χ3v) is 5.39. The Labute approximate surface area is 179 Å². The molecule has 7 heteroatoms. The van der Waals surface area contributed by atoms with Crippen LogP contribution in [0, 0.1) is 0 Å². The topological polar surface area (TPSA) is 72.7 Å². The molecule has 0 atom stereocenters. The van der Waals surface area contributed by atoms with Crippen molar-refractivity contribution in [3.05, 3.63) is 90.8 Å². The second kappa shape index (κ2) is 9.84. The summed E-state index contributed by atoms with van der Waals surface area (Å²) in [6.07, 6.45) is 3.91. The Kier molecular flexibility index (Phi) is 6.51. The Morgan fingerprint density at radius 2 is 1.70 bits per heavy atom. The van der Waals surface area contributed by atoms with Crippen molar-refractivity contribution in [2.45, 2.75) is 18.1 Å². The number of para-hydroxylation sites is 1. The van der Waals surface area contributed by atoms with E-state index >= 15 is 0 Å². The fourth-order valence-electron chi connectivity index (χ4n) is 2.98. The van der Waals surface area contributed by atoms with Crippen LogP contribution in [0.3, 0.4) is 0 Å². The highest BCUT2D eigenvalue weighted by Crippen LogP contribution is 2.27. The lowest BCUT2D eigenvalue weighted by Crippen LogP contribution is -2.23. The van der Waals surface area contributed by atoms with E-state index in [-0.39, 0.29) is 5.91 Å². The molecular formula is C23H21N5OS. The molecule has 0 saturated heterocycles. The van der Waals surface area contributed by atoms with E-state index in [4.69, 9.17) is 0 Å². The fraction of sp³-hybridized carbons (Fsp3) is 0.130. The monoisotopic (exact) mass is 415 g/mol. The van der Waals surface area contributed by atoms with E-state index < -0.39 is 0 Å². The van der Waals surface area contributed by atoms with Gasteiger partial charge in [-0.1, -0.05) is 60.3 Å². The summed E-state index contributed by atoms with van der Waals surface area (Å²) >= 11 is 1.52. The number of thioether (sulfide) groups is 1. The Morgan fingerprint density at radius 1 is 0.933 bits per heavy atom. The third-order valence-electron chi connectivity index (χ3n) is 4.46. The van der Waals surface area contributed by atoms with Crippen LogP contribution in [0.15, 0.2) is 90.3 Å². The predicted octanol–water partition coefficient (Wildman–Crippen LogP) is 4.13. The predicted molar refractivity (Wildman–Crippen MR) is 118 cm³/mol. The summed E-state index contributed by atoms with van der Waals surface area (Å²) in [7, 11) is 0. The number of hydrogen-bond donors (Lipinski definition) is 1. The standard InChI is InChI=1S/C23H21N5OS/c29-21(25-16-18-8-3-1-4-9-18)13-15-30-23-27-26-22(19-10-7-14-24-17-19)28(23)20-11-5-2-6-12-20/h1-12,14,17H,13,15-16H2,(H,25,29). The average Bonchev–Trinajstić information content (AvgIpc) is 3.23. The minimum Gasteiger partial charge on any atom is -0.352 e. The quantitative estimate of drug-likeness (QED) is 0.438. The SMILES string of the molecule is O=C(CCSc1nnc(-c2cccnc2)n1-c1ccccc1)NCc1ccccc1. The second-order valence-corrected chi connectivity index (χ2v) is 7.64. The van der Waals surface area contributed by atoms with Crippen molar-refractivity contribution in [2.24, 2.45) is 0 Å². The number of benzene rings is 2. The van der Waals surface area contributed by atoms with Gasteiger partial charge in [0, 0.05) is 42.4 Å². The van der Waals surface area contributed by atoms with Gasteiger partial charge < -0.3 is 5.32 Å². The van der Waals surface area contributed by atoms with E-state index in [2.05, 4.69) is 20.5 Å². The Hall–Kier alpha value is -3.45. The summed E-state index contributed by atoms with van der Waals surface area (Å²) in [6.45, 7) is 0.537. The Balaban J connectivity index is 1.44. The molecule has 4 aromatic rings. The number of amides is 1. The van der Waals surface area contributed by atoms with Gasteiger partial charge in [-0.3, -0.25) is 14.3 Å². The molecule has 2 aromatic heterocycles. The molecule has 0 bridgehead atoms. The molecule has 30 heavy (non-hydrogen) atoms. The molecule has 0 aliphatic heterocycles. The first kappa shape index (κ1) is 19.8. The van der Waals surface area contributed by atoms with Crippen LogP contribution in [-0.2, 0) is 11.3 Å². The summed E-state index contributed by atoms with van der Waals surface area (Å²) in [4.78, 5) is 16.4. The first-order chi connectivity index (χ1) is 14.8. The maximum Gasteiger partial charge on any atom is 0.221 e. The molecule has 2 aromatic carbocycles. The summed E-state index contributed by atoms with van der Waals surface area (Å²) in [5, 5.41) is 12.5. The molecule has 1 amide bonds. The molecule has 0 radical (unpaired) electrons. The van der Waals surface area contributed by atoms with E-state index in [0.29, 0.717) is 18.7 Å². The van der Waals surface area contributed by atoms with Gasteiger partial charge in [-0.25, -0.2) is 0 Å². The third kappa shape index (κ3) is 4.93. The number of aromatic nitrogens is 4. The highest BCUT2D eigenvalue weighted by atomic mass is 32.2. The van der Waals surface area contributed by atoms with E-state index in [1.54, 1.807) is 12.4 Å². The van der Waals surface area contributed by atoms with Crippen molar-refractivity contribution in [3.63, 3.8) is 0 Å². The normalized spacial score (nSPS) is 10.7. The molecule has 1 N–H and O–H groups in total. The molecule has 6 nitrogen and oxygen atoms in total. The Morgan fingerprint density at radius 3 is 2.43 bits per heavy atom. The van der Waals surface area contributed by atoms with Gasteiger partial charge in [0.2, 0.25) is 5.91 Å². The molecule has 0 spiro atoms.